The van der Waals surface area contributed by atoms with Crippen LogP contribution < -0.4 is 5.32 Å². The zero-order valence-corrected chi connectivity index (χ0v) is 14.8. The molecule has 1 N–H and O–H groups in total. The van der Waals surface area contributed by atoms with Crippen molar-refractivity contribution in [2.45, 2.75) is 51.0 Å². The van der Waals surface area contributed by atoms with Crippen LogP contribution in [0, 0.1) is 5.82 Å². The first kappa shape index (κ1) is 17.2. The Morgan fingerprint density at radius 1 is 1.19 bits per heavy atom. The molecule has 0 radical (unpaired) electrons. The second-order valence-electron chi connectivity index (χ2n) is 7.07. The van der Waals surface area contributed by atoms with Gasteiger partial charge in [0.05, 0.1) is 11.8 Å². The molecule has 2 aromatic rings. The fourth-order valence-corrected chi connectivity index (χ4v) is 3.85. The van der Waals surface area contributed by atoms with Crippen molar-refractivity contribution >= 4 is 5.91 Å². The van der Waals surface area contributed by atoms with Gasteiger partial charge >= 0.3 is 0 Å². The molecule has 6 heteroatoms. The van der Waals surface area contributed by atoms with Gasteiger partial charge in [0.1, 0.15) is 5.82 Å². The first-order chi connectivity index (χ1) is 12.7. The second kappa shape index (κ2) is 7.58. The molecule has 1 saturated heterocycles. The van der Waals surface area contributed by atoms with E-state index in [0.717, 1.165) is 68.5 Å². The number of benzene rings is 1. The number of hydrogen-bond acceptors (Lipinski definition) is 3. The summed E-state index contributed by atoms with van der Waals surface area (Å²) >= 11 is 0. The normalized spacial score (nSPS) is 19.8. The summed E-state index contributed by atoms with van der Waals surface area (Å²) in [5, 5.41) is 7.61. The summed E-state index contributed by atoms with van der Waals surface area (Å²) in [5.74, 6) is -0.416. The lowest BCUT2D eigenvalue weighted by atomic mass is 10.1. The monoisotopic (exact) mass is 357 g/mol. The van der Waals surface area contributed by atoms with Gasteiger partial charge in [-0.25, -0.2) is 9.07 Å². The van der Waals surface area contributed by atoms with E-state index in [2.05, 4.69) is 10.4 Å². The van der Waals surface area contributed by atoms with E-state index >= 15 is 0 Å². The Hall–Kier alpha value is -2.21. The molecule has 0 bridgehead atoms. The molecular formula is C20H24FN3O2. The number of halogens is 1. The van der Waals surface area contributed by atoms with E-state index in [1.165, 1.54) is 12.1 Å². The maximum atomic E-state index is 13.3. The summed E-state index contributed by atoms with van der Waals surface area (Å²) in [5.41, 5.74) is 3.42. The molecule has 4 rings (SSSR count). The number of nitrogens with zero attached hydrogens (tertiary/aromatic N) is 2. The molecule has 26 heavy (non-hydrogen) atoms. The maximum absolute atomic E-state index is 13.3. The minimum atomic E-state index is -0.276. The van der Waals surface area contributed by atoms with Crippen molar-refractivity contribution in [3.8, 4) is 5.69 Å². The standard InChI is InChI=1S/C20H24FN3O2/c21-14-8-10-15(11-9-14)24-18-7-3-1-2-6-17(18)19(23-24)20(25)22-13-16-5-4-12-26-16/h8-11,16H,1-7,12-13H2,(H,22,25)/t16-/m0/s1. The minimum absolute atomic E-state index is 0.108. The van der Waals surface area contributed by atoms with Crippen molar-refractivity contribution in [2.24, 2.45) is 0 Å². The Bertz CT molecular complexity index is 779. The van der Waals surface area contributed by atoms with Gasteiger partial charge in [-0.3, -0.25) is 4.79 Å². The summed E-state index contributed by atoms with van der Waals surface area (Å²) in [4.78, 5) is 12.8. The quantitative estimate of drug-likeness (QED) is 0.855. The van der Waals surface area contributed by atoms with Gasteiger partial charge in [0.25, 0.3) is 5.91 Å². The highest BCUT2D eigenvalue weighted by atomic mass is 19.1. The Morgan fingerprint density at radius 3 is 2.77 bits per heavy atom. The molecule has 1 atom stereocenters. The topological polar surface area (TPSA) is 56.1 Å². The zero-order valence-electron chi connectivity index (χ0n) is 14.8. The van der Waals surface area contributed by atoms with Crippen LogP contribution >= 0.6 is 0 Å². The van der Waals surface area contributed by atoms with Gasteiger partial charge in [-0.15, -0.1) is 0 Å². The highest BCUT2D eigenvalue weighted by molar-refractivity contribution is 5.94. The third kappa shape index (κ3) is 3.51. The highest BCUT2D eigenvalue weighted by Gasteiger charge is 2.25. The summed E-state index contributed by atoms with van der Waals surface area (Å²) in [6.45, 7) is 1.30. The van der Waals surface area contributed by atoms with Crippen LogP contribution in [0.3, 0.4) is 0 Å². The Kier molecular flexibility index (Phi) is 5.02. The number of carbonyl (C=O) groups is 1. The molecule has 1 aliphatic heterocycles. The number of hydrogen-bond donors (Lipinski definition) is 1. The third-order valence-corrected chi connectivity index (χ3v) is 5.23. The van der Waals surface area contributed by atoms with Crippen LogP contribution in [0.25, 0.3) is 5.69 Å². The smallest absolute Gasteiger partial charge is 0.272 e. The summed E-state index contributed by atoms with van der Waals surface area (Å²) in [7, 11) is 0. The fourth-order valence-electron chi connectivity index (χ4n) is 3.85. The lowest BCUT2D eigenvalue weighted by Gasteiger charge is -2.10. The number of carbonyl (C=O) groups excluding carboxylic acids is 1. The molecule has 0 spiro atoms. The highest BCUT2D eigenvalue weighted by Crippen LogP contribution is 2.26. The van der Waals surface area contributed by atoms with Gasteiger partial charge < -0.3 is 10.1 Å². The molecule has 1 aromatic carbocycles. The van der Waals surface area contributed by atoms with E-state index in [9.17, 15) is 9.18 Å². The SMILES string of the molecule is O=C(NC[C@@H]1CCCO1)c1nn(-c2ccc(F)cc2)c2c1CCCCC2. The van der Waals surface area contributed by atoms with Crippen molar-refractivity contribution < 1.29 is 13.9 Å². The largest absolute Gasteiger partial charge is 0.376 e. The molecule has 2 heterocycles. The second-order valence-corrected chi connectivity index (χ2v) is 7.07. The molecule has 1 fully saturated rings. The number of rotatable bonds is 4. The summed E-state index contributed by atoms with van der Waals surface area (Å²) in [6.07, 6.45) is 7.19. The Labute approximate surface area is 152 Å². The lowest BCUT2D eigenvalue weighted by molar-refractivity contribution is 0.0852. The van der Waals surface area contributed by atoms with E-state index in [4.69, 9.17) is 4.74 Å². The average Bonchev–Trinajstić information content (AvgIpc) is 3.23. The van der Waals surface area contributed by atoms with E-state index in [1.54, 1.807) is 12.1 Å². The van der Waals surface area contributed by atoms with Gasteiger partial charge in [0.2, 0.25) is 0 Å². The molecule has 1 amide bonds. The van der Waals surface area contributed by atoms with Crippen LogP contribution in [0.15, 0.2) is 24.3 Å². The van der Waals surface area contributed by atoms with E-state index in [0.29, 0.717) is 12.2 Å². The Balaban J connectivity index is 1.63. The van der Waals surface area contributed by atoms with Gasteiger partial charge in [-0.1, -0.05) is 6.42 Å². The van der Waals surface area contributed by atoms with Crippen LogP contribution in [-0.2, 0) is 17.6 Å². The van der Waals surface area contributed by atoms with E-state index < -0.39 is 0 Å². The predicted molar refractivity (Wildman–Crippen MR) is 96.1 cm³/mol. The first-order valence-electron chi connectivity index (χ1n) is 9.49. The number of amides is 1. The van der Waals surface area contributed by atoms with Crippen molar-refractivity contribution in [3.63, 3.8) is 0 Å². The van der Waals surface area contributed by atoms with E-state index in [1.807, 2.05) is 4.68 Å². The van der Waals surface area contributed by atoms with Crippen molar-refractivity contribution in [3.05, 3.63) is 47.0 Å². The molecule has 138 valence electrons. The number of aromatic nitrogens is 2. The van der Waals surface area contributed by atoms with Gasteiger partial charge in [0.15, 0.2) is 5.69 Å². The molecule has 0 unspecified atom stereocenters. The van der Waals surface area contributed by atoms with E-state index in [-0.39, 0.29) is 17.8 Å². The fraction of sp³-hybridized carbons (Fsp3) is 0.500. The first-order valence-corrected chi connectivity index (χ1v) is 9.49. The molecule has 1 aromatic heterocycles. The molecule has 1 aliphatic carbocycles. The van der Waals surface area contributed by atoms with Crippen LogP contribution in [0.5, 0.6) is 0 Å². The van der Waals surface area contributed by atoms with Crippen LogP contribution in [-0.4, -0.2) is 34.9 Å². The maximum Gasteiger partial charge on any atom is 0.272 e. The number of ether oxygens (including phenoxy) is 1. The number of nitrogens with one attached hydrogen (secondary N) is 1. The number of fused-ring (bicyclic) bond motifs is 1. The summed E-state index contributed by atoms with van der Waals surface area (Å²) < 4.78 is 20.7. The van der Waals surface area contributed by atoms with Crippen LogP contribution in [0.4, 0.5) is 4.39 Å². The minimum Gasteiger partial charge on any atom is -0.376 e. The van der Waals surface area contributed by atoms with Gasteiger partial charge in [0, 0.05) is 24.4 Å². The molecule has 5 nitrogen and oxygen atoms in total. The lowest BCUT2D eigenvalue weighted by Crippen LogP contribution is -2.32. The van der Waals surface area contributed by atoms with Crippen molar-refractivity contribution in [2.75, 3.05) is 13.2 Å². The Morgan fingerprint density at radius 2 is 2.00 bits per heavy atom. The van der Waals surface area contributed by atoms with Crippen LogP contribution in [0.2, 0.25) is 0 Å². The van der Waals surface area contributed by atoms with Crippen molar-refractivity contribution in [1.82, 2.24) is 15.1 Å². The average molecular weight is 357 g/mol. The van der Waals surface area contributed by atoms with Gasteiger partial charge in [-0.05, 0) is 62.8 Å². The molecular weight excluding hydrogens is 333 g/mol. The van der Waals surface area contributed by atoms with Crippen LogP contribution in [0.1, 0.15) is 53.8 Å². The third-order valence-electron chi connectivity index (χ3n) is 5.23. The predicted octanol–water partition coefficient (Wildman–Crippen LogP) is 3.19. The summed E-state index contributed by atoms with van der Waals surface area (Å²) in [6, 6.07) is 6.28. The van der Waals surface area contributed by atoms with Crippen molar-refractivity contribution in [1.29, 1.82) is 0 Å². The zero-order chi connectivity index (χ0) is 17.9. The molecule has 2 aliphatic rings. The molecule has 0 saturated carbocycles. The van der Waals surface area contributed by atoms with Gasteiger partial charge in [-0.2, -0.15) is 5.10 Å².